The van der Waals surface area contributed by atoms with Gasteiger partial charge in [0.1, 0.15) is 30.1 Å². The summed E-state index contributed by atoms with van der Waals surface area (Å²) in [6.45, 7) is 1.88. The topological polar surface area (TPSA) is 16.8 Å². The van der Waals surface area contributed by atoms with Gasteiger partial charge in [-0.2, -0.15) is 4.57 Å². The van der Waals surface area contributed by atoms with Gasteiger partial charge >= 0.3 is 0 Å². The SMILES string of the molecule is Cc1cc(F)ccc1-c1c(-c2ccc(F)cc2)nc(-c2ccc(-c3ccccc3)cc2)c[n+]1C. The van der Waals surface area contributed by atoms with Crippen molar-refractivity contribution >= 4 is 0 Å². The molecule has 0 fully saturated rings. The van der Waals surface area contributed by atoms with E-state index in [0.29, 0.717) is 5.69 Å². The van der Waals surface area contributed by atoms with E-state index in [1.165, 1.54) is 24.3 Å². The van der Waals surface area contributed by atoms with E-state index in [0.717, 1.165) is 44.8 Å². The fraction of sp³-hybridized carbons (Fsp3) is 0.0667. The third kappa shape index (κ3) is 4.23. The molecular weight excluding hydrogens is 426 g/mol. The van der Waals surface area contributed by atoms with Crippen molar-refractivity contribution in [3.05, 3.63) is 120 Å². The Morgan fingerprint density at radius 3 is 1.91 bits per heavy atom. The van der Waals surface area contributed by atoms with Gasteiger partial charge in [-0.25, -0.2) is 13.8 Å². The maximum Gasteiger partial charge on any atom is 0.239 e. The molecule has 166 valence electrons. The van der Waals surface area contributed by atoms with Crippen molar-refractivity contribution in [2.24, 2.45) is 7.05 Å². The minimum atomic E-state index is -0.305. The summed E-state index contributed by atoms with van der Waals surface area (Å²) in [5, 5.41) is 0. The molecule has 0 aliphatic heterocycles. The standard InChI is InChI=1S/C30H23F2N2/c1-20-18-26(32)16-17-27(20)30-29(24-12-14-25(31)15-13-24)33-28(19-34(30)2)23-10-8-22(9-11-23)21-6-4-3-5-7-21/h3-19H,1-2H3/q+1. The van der Waals surface area contributed by atoms with Crippen LogP contribution in [-0.4, -0.2) is 4.98 Å². The molecule has 1 aromatic heterocycles. The Balaban J connectivity index is 1.66. The summed E-state index contributed by atoms with van der Waals surface area (Å²) in [5.41, 5.74) is 8.08. The lowest BCUT2D eigenvalue weighted by atomic mass is 9.98. The van der Waals surface area contributed by atoms with Crippen LogP contribution < -0.4 is 4.57 Å². The maximum atomic E-state index is 13.8. The van der Waals surface area contributed by atoms with Gasteiger partial charge in [0.2, 0.25) is 5.69 Å². The van der Waals surface area contributed by atoms with Crippen LogP contribution in [0.15, 0.2) is 103 Å². The highest BCUT2D eigenvalue weighted by Crippen LogP contribution is 2.32. The Kier molecular flexibility index (Phi) is 5.72. The monoisotopic (exact) mass is 449 g/mol. The van der Waals surface area contributed by atoms with Crippen LogP contribution in [0.25, 0.3) is 44.9 Å². The quantitative estimate of drug-likeness (QED) is 0.266. The highest BCUT2D eigenvalue weighted by molar-refractivity contribution is 5.79. The molecule has 0 aliphatic rings. The second-order valence-electron chi connectivity index (χ2n) is 8.34. The van der Waals surface area contributed by atoms with Crippen molar-refractivity contribution in [1.29, 1.82) is 0 Å². The number of halogens is 2. The maximum absolute atomic E-state index is 13.8. The summed E-state index contributed by atoms with van der Waals surface area (Å²) >= 11 is 0. The van der Waals surface area contributed by atoms with Gasteiger partial charge in [-0.3, -0.25) is 0 Å². The van der Waals surface area contributed by atoms with Crippen molar-refractivity contribution in [2.45, 2.75) is 6.92 Å². The number of hydrogen-bond acceptors (Lipinski definition) is 1. The van der Waals surface area contributed by atoms with Gasteiger partial charge in [0.05, 0.1) is 5.56 Å². The molecule has 0 aliphatic carbocycles. The van der Waals surface area contributed by atoms with Crippen molar-refractivity contribution in [3.8, 4) is 44.9 Å². The van der Waals surface area contributed by atoms with Crippen LogP contribution in [0.3, 0.4) is 0 Å². The molecule has 0 radical (unpaired) electrons. The molecule has 0 saturated heterocycles. The molecule has 0 saturated carbocycles. The number of nitrogens with zero attached hydrogens (tertiary/aromatic N) is 2. The van der Waals surface area contributed by atoms with E-state index < -0.39 is 0 Å². The van der Waals surface area contributed by atoms with E-state index in [1.807, 2.05) is 42.9 Å². The number of rotatable bonds is 4. The second-order valence-corrected chi connectivity index (χ2v) is 8.34. The Hall–Kier alpha value is -4.18. The van der Waals surface area contributed by atoms with Crippen LogP contribution >= 0.6 is 0 Å². The zero-order valence-corrected chi connectivity index (χ0v) is 19.0. The van der Waals surface area contributed by atoms with Crippen LogP contribution in [0.1, 0.15) is 5.56 Å². The van der Waals surface area contributed by atoms with Gasteiger partial charge in [-0.05, 0) is 66.1 Å². The predicted octanol–water partition coefficient (Wildman–Crippen LogP) is 7.16. The summed E-state index contributed by atoms with van der Waals surface area (Å²) in [5.74, 6) is -0.587. The van der Waals surface area contributed by atoms with Gasteiger partial charge in [0.25, 0.3) is 0 Å². The first kappa shape index (κ1) is 21.7. The molecule has 4 aromatic carbocycles. The summed E-state index contributed by atoms with van der Waals surface area (Å²) in [6.07, 6.45) is 1.97. The lowest BCUT2D eigenvalue weighted by Crippen LogP contribution is -2.32. The first-order valence-electron chi connectivity index (χ1n) is 11.1. The number of benzene rings is 4. The molecule has 0 atom stereocenters. The predicted molar refractivity (Wildman–Crippen MR) is 132 cm³/mol. The molecule has 5 rings (SSSR count). The summed E-state index contributed by atoms with van der Waals surface area (Å²) in [4.78, 5) is 5.01. The molecular formula is C30H23F2N2+. The van der Waals surface area contributed by atoms with E-state index >= 15 is 0 Å². The van der Waals surface area contributed by atoms with Crippen molar-refractivity contribution in [3.63, 3.8) is 0 Å². The van der Waals surface area contributed by atoms with Gasteiger partial charge in [-0.15, -0.1) is 0 Å². The Morgan fingerprint density at radius 1 is 0.647 bits per heavy atom. The molecule has 2 nitrogen and oxygen atoms in total. The van der Waals surface area contributed by atoms with E-state index in [2.05, 4.69) is 36.4 Å². The minimum absolute atomic E-state index is 0.282. The summed E-state index contributed by atoms with van der Waals surface area (Å²) < 4.78 is 29.5. The molecule has 0 bridgehead atoms. The largest absolute Gasteiger partial charge is 0.239 e. The zero-order chi connectivity index (χ0) is 23.7. The van der Waals surface area contributed by atoms with Crippen molar-refractivity contribution < 1.29 is 13.3 Å². The van der Waals surface area contributed by atoms with Crippen LogP contribution in [0.4, 0.5) is 8.78 Å². The van der Waals surface area contributed by atoms with Crippen molar-refractivity contribution in [1.82, 2.24) is 4.98 Å². The molecule has 1 heterocycles. The van der Waals surface area contributed by atoms with Crippen LogP contribution in [0.5, 0.6) is 0 Å². The molecule has 0 unspecified atom stereocenters. The molecule has 34 heavy (non-hydrogen) atoms. The average molecular weight is 450 g/mol. The average Bonchev–Trinajstić information content (AvgIpc) is 2.85. The molecule has 5 aromatic rings. The molecule has 0 amide bonds. The molecule has 4 heteroatoms. The second kappa shape index (κ2) is 8.99. The lowest BCUT2D eigenvalue weighted by molar-refractivity contribution is -0.659. The smallest absolute Gasteiger partial charge is 0.234 e. The van der Waals surface area contributed by atoms with E-state index in [4.69, 9.17) is 4.98 Å². The highest BCUT2D eigenvalue weighted by Gasteiger charge is 2.23. The number of aryl methyl sites for hydroxylation is 2. The number of hydrogen-bond donors (Lipinski definition) is 0. The zero-order valence-electron chi connectivity index (χ0n) is 19.0. The summed E-state index contributed by atoms with van der Waals surface area (Å²) in [6, 6.07) is 29.5. The fourth-order valence-corrected chi connectivity index (χ4v) is 4.24. The van der Waals surface area contributed by atoms with Gasteiger partial charge in [0.15, 0.2) is 6.20 Å². The number of aromatic nitrogens is 2. The fourth-order valence-electron chi connectivity index (χ4n) is 4.24. The van der Waals surface area contributed by atoms with Crippen LogP contribution in [0.2, 0.25) is 0 Å². The minimum Gasteiger partial charge on any atom is -0.234 e. The first-order chi connectivity index (χ1) is 16.5. The summed E-state index contributed by atoms with van der Waals surface area (Å²) in [7, 11) is 1.95. The van der Waals surface area contributed by atoms with Gasteiger partial charge < -0.3 is 0 Å². The lowest BCUT2D eigenvalue weighted by Gasteiger charge is -2.12. The highest BCUT2D eigenvalue weighted by atomic mass is 19.1. The van der Waals surface area contributed by atoms with Crippen LogP contribution in [0, 0.1) is 18.6 Å². The van der Waals surface area contributed by atoms with Crippen molar-refractivity contribution in [2.75, 3.05) is 0 Å². The van der Waals surface area contributed by atoms with Gasteiger partial charge in [-0.1, -0.05) is 54.6 Å². The Bertz CT molecular complexity index is 1460. The third-order valence-corrected chi connectivity index (χ3v) is 5.97. The third-order valence-electron chi connectivity index (χ3n) is 5.97. The Morgan fingerprint density at radius 2 is 1.24 bits per heavy atom. The first-order valence-corrected chi connectivity index (χ1v) is 11.1. The van der Waals surface area contributed by atoms with Gasteiger partial charge in [0, 0.05) is 11.1 Å². The Labute approximate surface area is 197 Å². The van der Waals surface area contributed by atoms with Crippen LogP contribution in [-0.2, 0) is 7.05 Å². The molecule has 0 N–H and O–H groups in total. The van der Waals surface area contributed by atoms with E-state index in [-0.39, 0.29) is 11.6 Å². The normalized spacial score (nSPS) is 10.9. The van der Waals surface area contributed by atoms with E-state index in [1.54, 1.807) is 18.2 Å². The van der Waals surface area contributed by atoms with E-state index in [9.17, 15) is 8.78 Å². The molecule has 0 spiro atoms.